The molecule has 2 heterocycles. The second-order valence-electron chi connectivity index (χ2n) is 5.07. The summed E-state index contributed by atoms with van der Waals surface area (Å²) in [6, 6.07) is 13.7. The topological polar surface area (TPSA) is 100 Å². The SMILES string of the molecule is O=C(O)c1nc2c(=O)[nH]c(-c3ccc4ccccc4c3)cn2n1. The molecule has 0 aliphatic carbocycles. The van der Waals surface area contributed by atoms with Crippen LogP contribution in [0.5, 0.6) is 0 Å². The highest BCUT2D eigenvalue weighted by Crippen LogP contribution is 2.22. The smallest absolute Gasteiger partial charge is 0.375 e. The molecule has 0 saturated heterocycles. The molecule has 4 aromatic rings. The van der Waals surface area contributed by atoms with Crippen LogP contribution in [0.15, 0.2) is 53.5 Å². The Morgan fingerprint density at radius 2 is 1.91 bits per heavy atom. The number of rotatable bonds is 2. The highest BCUT2D eigenvalue weighted by atomic mass is 16.4. The summed E-state index contributed by atoms with van der Waals surface area (Å²) in [7, 11) is 0. The molecule has 0 atom stereocenters. The highest BCUT2D eigenvalue weighted by molar-refractivity contribution is 5.87. The van der Waals surface area contributed by atoms with Gasteiger partial charge in [0.05, 0.1) is 11.9 Å². The third-order valence-corrected chi connectivity index (χ3v) is 3.59. The standard InChI is InChI=1S/C16H10N4O3/c21-15-14-18-13(16(22)23)19-20(14)8-12(17-15)11-6-5-9-3-1-2-4-10(9)7-11/h1-8H,(H,17,21)(H,22,23). The number of carboxylic acid groups (broad SMARTS) is 1. The van der Waals surface area contributed by atoms with Gasteiger partial charge in [-0.3, -0.25) is 4.79 Å². The molecule has 23 heavy (non-hydrogen) atoms. The van der Waals surface area contributed by atoms with Crippen LogP contribution in [0.1, 0.15) is 10.6 Å². The van der Waals surface area contributed by atoms with E-state index in [-0.39, 0.29) is 5.65 Å². The van der Waals surface area contributed by atoms with Gasteiger partial charge < -0.3 is 10.1 Å². The van der Waals surface area contributed by atoms with Gasteiger partial charge in [-0.1, -0.05) is 36.4 Å². The van der Waals surface area contributed by atoms with Crippen molar-refractivity contribution in [2.75, 3.05) is 0 Å². The van der Waals surface area contributed by atoms with Crippen LogP contribution in [-0.4, -0.2) is 30.7 Å². The van der Waals surface area contributed by atoms with Gasteiger partial charge in [0.15, 0.2) is 0 Å². The van der Waals surface area contributed by atoms with E-state index in [1.807, 2.05) is 42.5 Å². The number of aromatic amines is 1. The lowest BCUT2D eigenvalue weighted by atomic mass is 10.1. The number of nitrogens with zero attached hydrogens (tertiary/aromatic N) is 3. The summed E-state index contributed by atoms with van der Waals surface area (Å²) in [5, 5.41) is 14.9. The van der Waals surface area contributed by atoms with Crippen molar-refractivity contribution in [1.29, 1.82) is 0 Å². The summed E-state index contributed by atoms with van der Waals surface area (Å²) in [6.07, 6.45) is 1.56. The number of aromatic carboxylic acids is 1. The summed E-state index contributed by atoms with van der Waals surface area (Å²) in [5.41, 5.74) is 0.799. The predicted molar refractivity (Wildman–Crippen MR) is 83.5 cm³/mol. The largest absolute Gasteiger partial charge is 0.475 e. The molecular formula is C16H10N4O3. The highest BCUT2D eigenvalue weighted by Gasteiger charge is 2.14. The molecule has 0 aliphatic heterocycles. The van der Waals surface area contributed by atoms with Crippen LogP contribution in [0, 0.1) is 0 Å². The number of hydrogen-bond acceptors (Lipinski definition) is 4. The van der Waals surface area contributed by atoms with Crippen molar-refractivity contribution in [2.45, 2.75) is 0 Å². The number of carbonyl (C=O) groups is 1. The number of aromatic nitrogens is 4. The third kappa shape index (κ3) is 2.15. The fraction of sp³-hybridized carbons (Fsp3) is 0. The number of fused-ring (bicyclic) bond motifs is 2. The first kappa shape index (κ1) is 13.2. The lowest BCUT2D eigenvalue weighted by molar-refractivity contribution is 0.0684. The van der Waals surface area contributed by atoms with Gasteiger partial charge >= 0.3 is 5.97 Å². The molecule has 7 heteroatoms. The van der Waals surface area contributed by atoms with Gasteiger partial charge in [0.2, 0.25) is 5.65 Å². The van der Waals surface area contributed by atoms with E-state index in [1.54, 1.807) is 6.20 Å². The quantitative estimate of drug-likeness (QED) is 0.589. The van der Waals surface area contributed by atoms with Crippen LogP contribution in [0.3, 0.4) is 0 Å². The minimum Gasteiger partial charge on any atom is -0.475 e. The molecule has 0 fully saturated rings. The Morgan fingerprint density at radius 3 is 2.70 bits per heavy atom. The van der Waals surface area contributed by atoms with Gasteiger partial charge in [0.1, 0.15) is 0 Å². The maximum atomic E-state index is 12.1. The normalized spacial score (nSPS) is 11.1. The minimum atomic E-state index is -1.28. The van der Waals surface area contributed by atoms with Gasteiger partial charge in [-0.05, 0) is 16.8 Å². The molecule has 4 rings (SSSR count). The van der Waals surface area contributed by atoms with Crippen molar-refractivity contribution in [1.82, 2.24) is 19.6 Å². The molecule has 0 amide bonds. The average molecular weight is 306 g/mol. The first-order valence-electron chi connectivity index (χ1n) is 6.84. The maximum absolute atomic E-state index is 12.1. The summed E-state index contributed by atoms with van der Waals surface area (Å²) < 4.78 is 1.19. The second-order valence-corrected chi connectivity index (χ2v) is 5.07. The first-order valence-corrected chi connectivity index (χ1v) is 6.84. The van der Waals surface area contributed by atoms with E-state index in [2.05, 4.69) is 15.1 Å². The maximum Gasteiger partial charge on any atom is 0.375 e. The number of carboxylic acids is 1. The Morgan fingerprint density at radius 1 is 1.13 bits per heavy atom. The molecule has 0 spiro atoms. The van der Waals surface area contributed by atoms with Crippen LogP contribution < -0.4 is 5.56 Å². The summed E-state index contributed by atoms with van der Waals surface area (Å²) >= 11 is 0. The molecule has 2 aromatic heterocycles. The van der Waals surface area contributed by atoms with E-state index in [0.717, 1.165) is 16.3 Å². The van der Waals surface area contributed by atoms with Gasteiger partial charge in [-0.25, -0.2) is 9.31 Å². The molecule has 0 unspecified atom stereocenters. The van der Waals surface area contributed by atoms with E-state index in [0.29, 0.717) is 5.69 Å². The van der Waals surface area contributed by atoms with Gasteiger partial charge in [-0.15, -0.1) is 5.10 Å². The monoisotopic (exact) mass is 306 g/mol. The third-order valence-electron chi connectivity index (χ3n) is 3.59. The molecule has 2 aromatic carbocycles. The average Bonchev–Trinajstić information content (AvgIpc) is 2.99. The molecule has 0 aliphatic rings. The van der Waals surface area contributed by atoms with E-state index in [4.69, 9.17) is 5.11 Å². The van der Waals surface area contributed by atoms with Crippen LogP contribution in [-0.2, 0) is 0 Å². The fourth-order valence-corrected chi connectivity index (χ4v) is 2.50. The van der Waals surface area contributed by atoms with Crippen LogP contribution in [0.4, 0.5) is 0 Å². The van der Waals surface area contributed by atoms with E-state index in [1.165, 1.54) is 4.52 Å². The minimum absolute atomic E-state index is 0.0491. The zero-order valence-electron chi connectivity index (χ0n) is 11.7. The van der Waals surface area contributed by atoms with E-state index >= 15 is 0 Å². The summed E-state index contributed by atoms with van der Waals surface area (Å²) in [6.45, 7) is 0. The number of H-pyrrole nitrogens is 1. The molecule has 2 N–H and O–H groups in total. The van der Waals surface area contributed by atoms with Crippen LogP contribution >= 0.6 is 0 Å². The van der Waals surface area contributed by atoms with Crippen LogP contribution in [0.2, 0.25) is 0 Å². The van der Waals surface area contributed by atoms with Crippen molar-refractivity contribution in [2.24, 2.45) is 0 Å². The Bertz CT molecular complexity index is 1130. The number of hydrogen-bond donors (Lipinski definition) is 2. The van der Waals surface area contributed by atoms with Gasteiger partial charge in [-0.2, -0.15) is 4.98 Å². The zero-order valence-corrected chi connectivity index (χ0v) is 11.7. The molecule has 0 saturated carbocycles. The van der Waals surface area contributed by atoms with Crippen molar-refractivity contribution in [3.63, 3.8) is 0 Å². The van der Waals surface area contributed by atoms with E-state index in [9.17, 15) is 9.59 Å². The Hall–Kier alpha value is -3.48. The second kappa shape index (κ2) is 4.77. The first-order chi connectivity index (χ1) is 11.1. The van der Waals surface area contributed by atoms with Crippen LogP contribution in [0.25, 0.3) is 27.7 Å². The number of nitrogens with one attached hydrogen (secondary N) is 1. The van der Waals surface area contributed by atoms with Crippen molar-refractivity contribution < 1.29 is 9.90 Å². The summed E-state index contributed by atoms with van der Waals surface area (Å²) in [5.74, 6) is -1.69. The molecule has 112 valence electrons. The van der Waals surface area contributed by atoms with Crippen molar-refractivity contribution >= 4 is 22.4 Å². The lowest BCUT2D eigenvalue weighted by Gasteiger charge is -2.04. The molecular weight excluding hydrogens is 296 g/mol. The Kier molecular flexibility index (Phi) is 2.74. The molecule has 0 radical (unpaired) electrons. The van der Waals surface area contributed by atoms with Gasteiger partial charge in [0, 0.05) is 5.56 Å². The van der Waals surface area contributed by atoms with Crippen molar-refractivity contribution in [3.05, 3.63) is 64.8 Å². The lowest BCUT2D eigenvalue weighted by Crippen LogP contribution is -2.11. The Labute approximate surface area is 128 Å². The van der Waals surface area contributed by atoms with E-state index < -0.39 is 17.4 Å². The molecule has 7 nitrogen and oxygen atoms in total. The Balaban J connectivity index is 1.93. The summed E-state index contributed by atoms with van der Waals surface area (Å²) in [4.78, 5) is 29.4. The predicted octanol–water partition coefficient (Wildman–Crippen LogP) is 1.94. The number of benzene rings is 2. The van der Waals surface area contributed by atoms with Gasteiger partial charge in [0.25, 0.3) is 11.4 Å². The fourth-order valence-electron chi connectivity index (χ4n) is 2.50. The zero-order chi connectivity index (χ0) is 16.0. The van der Waals surface area contributed by atoms with Crippen molar-refractivity contribution in [3.8, 4) is 11.3 Å². The molecule has 0 bridgehead atoms.